The van der Waals surface area contributed by atoms with Crippen molar-refractivity contribution in [2.75, 3.05) is 29.4 Å². The third-order valence-corrected chi connectivity index (χ3v) is 6.14. The molecule has 0 atom stereocenters. The highest BCUT2D eigenvalue weighted by Gasteiger charge is 2.45. The van der Waals surface area contributed by atoms with Crippen LogP contribution in [0.5, 0.6) is 0 Å². The van der Waals surface area contributed by atoms with Gasteiger partial charge < -0.3 is 9.80 Å². The van der Waals surface area contributed by atoms with Gasteiger partial charge in [-0.15, -0.1) is 0 Å². The zero-order valence-corrected chi connectivity index (χ0v) is 15.7. The third-order valence-electron chi connectivity index (χ3n) is 4.97. The fraction of sp³-hybridized carbons (Fsp3) is 0.389. The highest BCUT2D eigenvalue weighted by molar-refractivity contribution is 9.10. The lowest BCUT2D eigenvalue weighted by Gasteiger charge is -2.42. The van der Waals surface area contributed by atoms with Crippen LogP contribution in [0.2, 0.25) is 0 Å². The van der Waals surface area contributed by atoms with E-state index in [9.17, 15) is 4.79 Å². The van der Waals surface area contributed by atoms with Crippen LogP contribution in [0.3, 0.4) is 0 Å². The maximum absolute atomic E-state index is 12.9. The van der Waals surface area contributed by atoms with E-state index in [1.165, 1.54) is 5.69 Å². The van der Waals surface area contributed by atoms with Crippen LogP contribution < -0.4 is 9.80 Å². The Labute approximate surface area is 149 Å². The van der Waals surface area contributed by atoms with E-state index in [-0.39, 0.29) is 5.91 Å². The number of carbonyl (C=O) groups excluding carboxylic acids is 1. The Morgan fingerprint density at radius 1 is 1.30 bits per heavy atom. The maximum Gasteiger partial charge on any atom is 0.237 e. The van der Waals surface area contributed by atoms with Gasteiger partial charge in [0.05, 0.1) is 5.41 Å². The smallest absolute Gasteiger partial charge is 0.237 e. The van der Waals surface area contributed by atoms with Crippen LogP contribution in [-0.2, 0) is 10.2 Å². The largest absolute Gasteiger partial charge is 0.370 e. The van der Waals surface area contributed by atoms with E-state index < -0.39 is 5.41 Å². The third kappa shape index (κ3) is 2.41. The van der Waals surface area contributed by atoms with Gasteiger partial charge in [-0.2, -0.15) is 11.3 Å². The molecule has 2 aromatic rings. The molecule has 0 spiro atoms. The lowest BCUT2D eigenvalue weighted by Crippen LogP contribution is -2.52. The van der Waals surface area contributed by atoms with Crippen molar-refractivity contribution in [2.45, 2.75) is 19.3 Å². The molecule has 0 radical (unpaired) electrons. The van der Waals surface area contributed by atoms with Gasteiger partial charge in [-0.25, -0.2) is 0 Å². The van der Waals surface area contributed by atoms with E-state index in [2.05, 4.69) is 49.8 Å². The maximum atomic E-state index is 12.9. The highest BCUT2D eigenvalue weighted by atomic mass is 79.9. The number of rotatable bonds is 3. The summed E-state index contributed by atoms with van der Waals surface area (Å²) in [6.45, 7) is 6.93. The molecule has 2 aliphatic rings. The number of carbonyl (C=O) groups is 1. The van der Waals surface area contributed by atoms with Crippen LogP contribution in [0.4, 0.5) is 11.4 Å². The van der Waals surface area contributed by atoms with Crippen molar-refractivity contribution in [3.63, 3.8) is 0 Å². The Hall–Kier alpha value is -1.33. The average Bonchev–Trinajstić information content (AvgIpc) is 3.03. The van der Waals surface area contributed by atoms with E-state index in [4.69, 9.17) is 0 Å². The lowest BCUT2D eigenvalue weighted by atomic mass is 9.86. The Morgan fingerprint density at radius 3 is 2.78 bits per heavy atom. The predicted molar refractivity (Wildman–Crippen MR) is 99.5 cm³/mol. The van der Waals surface area contributed by atoms with Crippen molar-refractivity contribution in [3.8, 4) is 0 Å². The summed E-state index contributed by atoms with van der Waals surface area (Å²) in [5.41, 5.74) is 3.10. The number of benzene rings is 1. The number of halogens is 1. The minimum absolute atomic E-state index is 0.222. The number of amides is 1. The minimum Gasteiger partial charge on any atom is -0.370 e. The van der Waals surface area contributed by atoms with Gasteiger partial charge in [-0.3, -0.25) is 4.79 Å². The van der Waals surface area contributed by atoms with Crippen LogP contribution in [0, 0.1) is 5.92 Å². The van der Waals surface area contributed by atoms with Crippen molar-refractivity contribution in [2.24, 2.45) is 5.92 Å². The summed E-state index contributed by atoms with van der Waals surface area (Å²) in [7, 11) is 0. The van der Waals surface area contributed by atoms with Gasteiger partial charge in [0.2, 0.25) is 5.91 Å². The molecule has 23 heavy (non-hydrogen) atoms. The summed E-state index contributed by atoms with van der Waals surface area (Å²) in [6.07, 6.45) is 0. The molecule has 1 saturated heterocycles. The van der Waals surface area contributed by atoms with Crippen molar-refractivity contribution in [3.05, 3.63) is 45.1 Å². The van der Waals surface area contributed by atoms with Crippen molar-refractivity contribution in [1.29, 1.82) is 0 Å². The number of fused-ring (bicyclic) bond motifs is 1. The van der Waals surface area contributed by atoms with E-state index in [1.807, 2.05) is 24.8 Å². The Bertz CT molecular complexity index is 750. The Balaban J connectivity index is 1.52. The quantitative estimate of drug-likeness (QED) is 0.780. The van der Waals surface area contributed by atoms with Gasteiger partial charge in [-0.1, -0.05) is 22.0 Å². The molecule has 3 nitrogen and oxygen atoms in total. The summed E-state index contributed by atoms with van der Waals surface area (Å²) in [6, 6.07) is 8.35. The molecule has 0 saturated carbocycles. The van der Waals surface area contributed by atoms with Crippen molar-refractivity contribution in [1.82, 2.24) is 0 Å². The molecule has 1 aromatic carbocycles. The Morgan fingerprint density at radius 2 is 2.09 bits per heavy atom. The topological polar surface area (TPSA) is 23.6 Å². The van der Waals surface area contributed by atoms with Crippen molar-refractivity contribution < 1.29 is 4.79 Å². The lowest BCUT2D eigenvalue weighted by molar-refractivity contribution is -0.122. The molecule has 3 heterocycles. The number of hydrogen-bond acceptors (Lipinski definition) is 3. The van der Waals surface area contributed by atoms with Gasteiger partial charge in [0.15, 0.2) is 0 Å². The molecular weight excluding hydrogens is 372 g/mol. The highest BCUT2D eigenvalue weighted by Crippen LogP contribution is 2.43. The molecule has 0 aliphatic carbocycles. The van der Waals surface area contributed by atoms with Gasteiger partial charge in [-0.05, 0) is 43.0 Å². The fourth-order valence-electron chi connectivity index (χ4n) is 3.59. The number of thiophene rings is 1. The average molecular weight is 391 g/mol. The van der Waals surface area contributed by atoms with Gasteiger partial charge in [0.25, 0.3) is 0 Å². The van der Waals surface area contributed by atoms with Crippen LogP contribution in [-0.4, -0.2) is 25.5 Å². The molecule has 1 fully saturated rings. The van der Waals surface area contributed by atoms with Gasteiger partial charge >= 0.3 is 0 Å². The molecule has 0 N–H and O–H groups in total. The molecule has 120 valence electrons. The molecule has 2 aliphatic heterocycles. The second-order valence-corrected chi connectivity index (χ2v) is 8.65. The first-order valence-electron chi connectivity index (χ1n) is 7.86. The van der Waals surface area contributed by atoms with E-state index in [1.54, 1.807) is 11.3 Å². The van der Waals surface area contributed by atoms with E-state index in [0.717, 1.165) is 35.4 Å². The summed E-state index contributed by atoms with van der Waals surface area (Å²) < 4.78 is 1.03. The summed E-state index contributed by atoms with van der Waals surface area (Å²) in [5, 5.41) is 4.30. The number of anilines is 2. The van der Waals surface area contributed by atoms with Gasteiger partial charge in [0.1, 0.15) is 0 Å². The van der Waals surface area contributed by atoms with Crippen LogP contribution in [0.25, 0.3) is 0 Å². The monoisotopic (exact) mass is 390 g/mol. The van der Waals surface area contributed by atoms with Gasteiger partial charge in [0, 0.05) is 46.8 Å². The molecular formula is C18H19BrN2OS. The zero-order valence-electron chi connectivity index (χ0n) is 13.3. The predicted octanol–water partition coefficient (Wildman–Crippen LogP) is 4.27. The SMILES string of the molecule is CC1(C)C(=O)N(CC2CN(c3ccsc3)C2)c2cc(Br)ccc21. The summed E-state index contributed by atoms with van der Waals surface area (Å²) in [5.74, 6) is 0.763. The van der Waals surface area contributed by atoms with Crippen LogP contribution in [0.1, 0.15) is 19.4 Å². The summed E-state index contributed by atoms with van der Waals surface area (Å²) in [4.78, 5) is 17.3. The molecule has 0 bridgehead atoms. The van der Waals surface area contributed by atoms with Crippen molar-refractivity contribution >= 4 is 44.5 Å². The standard InChI is InChI=1S/C18H19BrN2OS/c1-18(2)15-4-3-13(19)7-16(15)21(17(18)22)10-12-8-20(9-12)14-5-6-23-11-14/h3-7,11-12H,8-10H2,1-2H3. The fourth-order valence-corrected chi connectivity index (χ4v) is 4.60. The Kier molecular flexibility index (Phi) is 3.54. The second kappa shape index (κ2) is 5.35. The number of hydrogen-bond donors (Lipinski definition) is 0. The second-order valence-electron chi connectivity index (χ2n) is 6.95. The zero-order chi connectivity index (χ0) is 16.2. The van der Waals surface area contributed by atoms with E-state index in [0.29, 0.717) is 5.92 Å². The molecule has 1 amide bonds. The van der Waals surface area contributed by atoms with Crippen LogP contribution in [0.15, 0.2) is 39.5 Å². The minimum atomic E-state index is -0.424. The molecule has 1 aromatic heterocycles. The molecule has 4 rings (SSSR count). The first-order chi connectivity index (χ1) is 11.0. The first kappa shape index (κ1) is 15.2. The normalized spacial score (nSPS) is 19.9. The molecule has 5 heteroatoms. The first-order valence-corrected chi connectivity index (χ1v) is 9.59. The molecule has 0 unspecified atom stereocenters. The number of nitrogens with zero attached hydrogens (tertiary/aromatic N) is 2. The van der Waals surface area contributed by atoms with Crippen LogP contribution >= 0.6 is 27.3 Å². The van der Waals surface area contributed by atoms with E-state index >= 15 is 0 Å². The summed E-state index contributed by atoms with van der Waals surface area (Å²) >= 11 is 5.27.